The number of benzene rings is 1. The second kappa shape index (κ2) is 8.55. The summed E-state index contributed by atoms with van der Waals surface area (Å²) in [7, 11) is 0. The first-order valence-corrected chi connectivity index (χ1v) is 12.4. The number of rotatable bonds is 3. The van der Waals surface area contributed by atoms with Crippen molar-refractivity contribution < 1.29 is 23.1 Å². The number of amides is 2. The van der Waals surface area contributed by atoms with Gasteiger partial charge in [0.1, 0.15) is 29.4 Å². The first kappa shape index (κ1) is 22.4. The normalized spacial score (nSPS) is 25.5. The minimum absolute atomic E-state index is 0.139. The zero-order valence-electron chi connectivity index (χ0n) is 19.5. The highest BCUT2D eigenvalue weighted by Crippen LogP contribution is 2.47. The summed E-state index contributed by atoms with van der Waals surface area (Å²) >= 11 is 0. The van der Waals surface area contributed by atoms with Crippen LogP contribution in [0, 0.1) is 11.6 Å². The number of fused-ring (bicyclic) bond motifs is 1. The van der Waals surface area contributed by atoms with Gasteiger partial charge in [-0.15, -0.1) is 0 Å². The van der Waals surface area contributed by atoms with Crippen LogP contribution in [0.4, 0.5) is 14.6 Å². The number of hydrogen-bond donors (Lipinski definition) is 0. The van der Waals surface area contributed by atoms with Crippen LogP contribution in [-0.4, -0.2) is 64.6 Å². The first-order valence-electron chi connectivity index (χ1n) is 12.4. The Hall–Kier alpha value is -3.07. The topological polar surface area (TPSA) is 66.0 Å². The van der Waals surface area contributed by atoms with Gasteiger partial charge in [-0.3, -0.25) is 9.59 Å². The molecule has 4 aliphatic rings. The number of anilines is 1. The van der Waals surface area contributed by atoms with E-state index in [-0.39, 0.29) is 11.8 Å². The van der Waals surface area contributed by atoms with E-state index < -0.39 is 29.5 Å². The van der Waals surface area contributed by atoms with Crippen molar-refractivity contribution in [2.75, 3.05) is 31.1 Å². The molecule has 2 aromatic rings. The summed E-state index contributed by atoms with van der Waals surface area (Å²) in [5, 5.41) is 0. The van der Waals surface area contributed by atoms with Crippen LogP contribution in [0.25, 0.3) is 0 Å². The van der Waals surface area contributed by atoms with Gasteiger partial charge in [0.25, 0.3) is 11.8 Å². The van der Waals surface area contributed by atoms with Crippen LogP contribution in [0.15, 0.2) is 36.4 Å². The molecule has 7 nitrogen and oxygen atoms in total. The fraction of sp³-hybridized carbons (Fsp3) is 0.500. The third-order valence-electron chi connectivity index (χ3n) is 7.83. The lowest BCUT2D eigenvalue weighted by Crippen LogP contribution is -2.51. The maximum absolute atomic E-state index is 13.8. The smallest absolute Gasteiger partial charge is 0.272 e. The fourth-order valence-corrected chi connectivity index (χ4v) is 6.04. The quantitative estimate of drug-likeness (QED) is 0.668. The van der Waals surface area contributed by atoms with Gasteiger partial charge in [0, 0.05) is 45.1 Å². The van der Waals surface area contributed by atoms with E-state index in [9.17, 15) is 18.4 Å². The van der Waals surface area contributed by atoms with Gasteiger partial charge in [-0.05, 0) is 55.5 Å². The molecular weight excluding hydrogens is 454 g/mol. The predicted molar refractivity (Wildman–Crippen MR) is 124 cm³/mol. The van der Waals surface area contributed by atoms with E-state index in [1.807, 2.05) is 12.1 Å². The highest BCUT2D eigenvalue weighted by atomic mass is 19.1. The van der Waals surface area contributed by atoms with Gasteiger partial charge in [-0.25, -0.2) is 13.8 Å². The molecule has 1 spiro atoms. The zero-order valence-corrected chi connectivity index (χ0v) is 19.5. The van der Waals surface area contributed by atoms with Crippen LogP contribution in [0.2, 0.25) is 0 Å². The Morgan fingerprint density at radius 3 is 2.43 bits per heavy atom. The largest absolute Gasteiger partial charge is 0.357 e. The second-order valence-corrected chi connectivity index (χ2v) is 9.94. The van der Waals surface area contributed by atoms with Crippen molar-refractivity contribution in [3.05, 3.63) is 59.3 Å². The molecule has 4 saturated heterocycles. The van der Waals surface area contributed by atoms with E-state index in [1.54, 1.807) is 15.9 Å². The Kier molecular flexibility index (Phi) is 5.47. The molecule has 0 N–H and O–H groups in total. The Bertz CT molecular complexity index is 1140. The molecule has 9 heteroatoms. The molecule has 1 aromatic heterocycles. The van der Waals surface area contributed by atoms with Crippen molar-refractivity contribution in [3.8, 4) is 0 Å². The van der Waals surface area contributed by atoms with Crippen LogP contribution in [-0.2, 0) is 9.53 Å². The van der Waals surface area contributed by atoms with Gasteiger partial charge in [-0.1, -0.05) is 6.07 Å². The number of carbonyl (C=O) groups is 2. The van der Waals surface area contributed by atoms with Crippen LogP contribution in [0.1, 0.15) is 60.6 Å². The van der Waals surface area contributed by atoms with Gasteiger partial charge in [0.15, 0.2) is 5.60 Å². The number of ether oxygens (including phenoxy) is 1. The molecule has 2 amide bonds. The Morgan fingerprint density at radius 2 is 1.71 bits per heavy atom. The van der Waals surface area contributed by atoms with Crippen molar-refractivity contribution in [2.45, 2.75) is 56.4 Å². The lowest BCUT2D eigenvalue weighted by atomic mass is 9.89. The van der Waals surface area contributed by atoms with E-state index in [0.717, 1.165) is 37.8 Å². The van der Waals surface area contributed by atoms with Crippen molar-refractivity contribution in [2.24, 2.45) is 0 Å². The van der Waals surface area contributed by atoms with Crippen molar-refractivity contribution >= 4 is 17.6 Å². The third kappa shape index (κ3) is 3.86. The monoisotopic (exact) mass is 482 g/mol. The summed E-state index contributed by atoms with van der Waals surface area (Å²) in [5.74, 6) is -0.757. The summed E-state index contributed by atoms with van der Waals surface area (Å²) in [4.78, 5) is 36.9. The lowest BCUT2D eigenvalue weighted by molar-refractivity contribution is -0.142. The van der Waals surface area contributed by atoms with Crippen LogP contribution < -0.4 is 4.90 Å². The van der Waals surface area contributed by atoms with E-state index in [1.165, 1.54) is 12.1 Å². The molecule has 2 atom stereocenters. The summed E-state index contributed by atoms with van der Waals surface area (Å²) < 4.78 is 33.9. The summed E-state index contributed by atoms with van der Waals surface area (Å²) in [5.41, 5.74) is -0.120. The Labute approximate surface area is 202 Å². The predicted octanol–water partition coefficient (Wildman–Crippen LogP) is 3.65. The molecule has 2 unspecified atom stereocenters. The summed E-state index contributed by atoms with van der Waals surface area (Å²) in [6.45, 7) is 2.69. The highest BCUT2D eigenvalue weighted by molar-refractivity contribution is 5.93. The minimum atomic E-state index is -0.989. The zero-order chi connectivity index (χ0) is 24.2. The third-order valence-corrected chi connectivity index (χ3v) is 7.83. The second-order valence-electron chi connectivity index (χ2n) is 9.94. The average molecular weight is 483 g/mol. The number of likely N-dealkylation sites (tertiary alicyclic amines) is 1. The van der Waals surface area contributed by atoms with Gasteiger partial charge in [0.05, 0.1) is 6.04 Å². The van der Waals surface area contributed by atoms with Crippen molar-refractivity contribution in [1.82, 2.24) is 14.8 Å². The van der Waals surface area contributed by atoms with Crippen LogP contribution >= 0.6 is 0 Å². The molecule has 0 radical (unpaired) electrons. The molecular formula is C26H28F2N4O3. The highest BCUT2D eigenvalue weighted by Gasteiger charge is 2.58. The molecule has 5 heterocycles. The molecule has 0 saturated carbocycles. The van der Waals surface area contributed by atoms with E-state index in [2.05, 4.69) is 9.88 Å². The molecule has 6 rings (SSSR count). The molecule has 1 aromatic carbocycles. The first-order chi connectivity index (χ1) is 16.9. The number of piperidine rings is 1. The average Bonchev–Trinajstić information content (AvgIpc) is 3.58. The summed E-state index contributed by atoms with van der Waals surface area (Å²) in [6, 6.07) is 8.55. The standard InChI is InChI=1S/C26H28F2N4O3/c27-18-14-17(15-19(28)16-18)21-6-7-23-32(21)25(34)26(35-23)8-12-31(13-9-26)24(33)20-4-3-5-22(29-20)30-10-1-2-11-30/h3-5,14-16,21,23H,1-2,6-13H2. The van der Waals surface area contributed by atoms with E-state index >= 15 is 0 Å². The molecule has 4 fully saturated rings. The lowest BCUT2D eigenvalue weighted by Gasteiger charge is -2.37. The van der Waals surface area contributed by atoms with Gasteiger partial charge >= 0.3 is 0 Å². The molecule has 0 bridgehead atoms. The van der Waals surface area contributed by atoms with Crippen LogP contribution in [0.5, 0.6) is 0 Å². The van der Waals surface area contributed by atoms with Crippen LogP contribution in [0.3, 0.4) is 0 Å². The van der Waals surface area contributed by atoms with Crippen molar-refractivity contribution in [3.63, 3.8) is 0 Å². The van der Waals surface area contributed by atoms with Gasteiger partial charge in [0.2, 0.25) is 0 Å². The van der Waals surface area contributed by atoms with Gasteiger partial charge < -0.3 is 19.4 Å². The SMILES string of the molecule is O=C(c1cccc(N2CCCC2)n1)N1CCC2(CC1)OC1CCC(c3cc(F)cc(F)c3)N1C2=O. The maximum Gasteiger partial charge on any atom is 0.272 e. The maximum atomic E-state index is 13.8. The number of carbonyl (C=O) groups excluding carboxylic acids is 2. The molecule has 4 aliphatic heterocycles. The van der Waals surface area contributed by atoms with E-state index in [4.69, 9.17) is 4.74 Å². The fourth-order valence-electron chi connectivity index (χ4n) is 6.04. The Morgan fingerprint density at radius 1 is 1.00 bits per heavy atom. The number of pyridine rings is 1. The Balaban J connectivity index is 1.15. The number of aromatic nitrogens is 1. The molecule has 184 valence electrons. The van der Waals surface area contributed by atoms with Gasteiger partial charge in [-0.2, -0.15) is 0 Å². The summed E-state index contributed by atoms with van der Waals surface area (Å²) in [6.07, 6.45) is 3.86. The number of hydrogen-bond acceptors (Lipinski definition) is 5. The van der Waals surface area contributed by atoms with Crippen molar-refractivity contribution in [1.29, 1.82) is 0 Å². The number of halogens is 2. The number of nitrogens with zero attached hydrogens (tertiary/aromatic N) is 4. The molecule has 35 heavy (non-hydrogen) atoms. The van der Waals surface area contributed by atoms with E-state index in [0.29, 0.717) is 50.0 Å². The molecule has 0 aliphatic carbocycles. The minimum Gasteiger partial charge on any atom is -0.357 e.